The third-order valence-corrected chi connectivity index (χ3v) is 2.80. The molecule has 21 heavy (non-hydrogen) atoms. The molecular weight excluding hydrogens is 279 g/mol. The van der Waals surface area contributed by atoms with Gasteiger partial charge in [0.1, 0.15) is 0 Å². The largest absolute Gasteiger partial charge is 1.00 e. The smallest absolute Gasteiger partial charge is 0.545 e. The molecule has 3 rings (SSSR count). The second-order valence-electron chi connectivity index (χ2n) is 4.16. The zero-order valence-corrected chi connectivity index (χ0v) is 13.3. The molecule has 0 N–H and O–H groups in total. The van der Waals surface area contributed by atoms with Crippen molar-refractivity contribution in [2.75, 3.05) is 0 Å². The fraction of sp³-hybridized carbons (Fsp3) is 0. The van der Waals surface area contributed by atoms with Crippen LogP contribution < -0.4 is 34.7 Å². The molecule has 0 saturated heterocycles. The molecular formula is C15H9N2NaO3. The topological polar surface area (TPSA) is 79.0 Å². The van der Waals surface area contributed by atoms with Crippen LogP contribution in [0.5, 0.6) is 0 Å². The van der Waals surface area contributed by atoms with Gasteiger partial charge in [-0.2, -0.15) is 4.98 Å². The van der Waals surface area contributed by atoms with Crippen LogP contribution in [0, 0.1) is 0 Å². The van der Waals surface area contributed by atoms with Gasteiger partial charge in [-0.3, -0.25) is 0 Å². The van der Waals surface area contributed by atoms with E-state index in [9.17, 15) is 9.90 Å². The van der Waals surface area contributed by atoms with Gasteiger partial charge in [-0.05, 0) is 23.8 Å². The van der Waals surface area contributed by atoms with Crippen molar-refractivity contribution in [2.24, 2.45) is 0 Å². The number of hydrogen-bond acceptors (Lipinski definition) is 5. The quantitative estimate of drug-likeness (QED) is 0.564. The SMILES string of the molecule is O=C([O-])c1cccc(-c2noc(-c3ccccc3)n2)c1.[Na+]. The van der Waals surface area contributed by atoms with E-state index in [0.717, 1.165) is 5.56 Å². The van der Waals surface area contributed by atoms with Crippen LogP contribution >= 0.6 is 0 Å². The van der Waals surface area contributed by atoms with E-state index < -0.39 is 5.97 Å². The van der Waals surface area contributed by atoms with Gasteiger partial charge in [0, 0.05) is 11.1 Å². The molecule has 0 radical (unpaired) electrons. The second kappa shape index (κ2) is 6.67. The van der Waals surface area contributed by atoms with E-state index in [2.05, 4.69) is 10.1 Å². The summed E-state index contributed by atoms with van der Waals surface area (Å²) in [5.74, 6) is -0.509. The molecule has 0 aliphatic heterocycles. The van der Waals surface area contributed by atoms with Crippen molar-refractivity contribution in [3.05, 3.63) is 60.2 Å². The Balaban J connectivity index is 0.00000161. The molecule has 0 amide bonds. The first kappa shape index (κ1) is 15.4. The minimum absolute atomic E-state index is 0. The summed E-state index contributed by atoms with van der Waals surface area (Å²) in [6, 6.07) is 15.6. The Labute approximate surface area is 142 Å². The number of rotatable bonds is 3. The fourth-order valence-electron chi connectivity index (χ4n) is 1.82. The standard InChI is InChI=1S/C15H10N2O3.Na/c18-15(19)12-8-4-7-11(9-12)13-16-14(20-17-13)10-5-2-1-3-6-10;/h1-9H,(H,18,19);/q;+1/p-1. The molecule has 6 heteroatoms. The average molecular weight is 288 g/mol. The van der Waals surface area contributed by atoms with Gasteiger partial charge in [0.2, 0.25) is 5.82 Å². The monoisotopic (exact) mass is 288 g/mol. The van der Waals surface area contributed by atoms with E-state index in [1.54, 1.807) is 12.1 Å². The molecule has 0 unspecified atom stereocenters. The number of aromatic nitrogens is 2. The molecule has 5 nitrogen and oxygen atoms in total. The molecule has 0 bridgehead atoms. The summed E-state index contributed by atoms with van der Waals surface area (Å²) in [6.45, 7) is 0. The van der Waals surface area contributed by atoms with Gasteiger partial charge in [0.05, 0.1) is 5.97 Å². The maximum Gasteiger partial charge on any atom is 1.00 e. The molecule has 2 aromatic carbocycles. The summed E-state index contributed by atoms with van der Waals surface area (Å²) in [7, 11) is 0. The maximum absolute atomic E-state index is 10.8. The van der Waals surface area contributed by atoms with Crippen LogP contribution in [0.3, 0.4) is 0 Å². The van der Waals surface area contributed by atoms with Gasteiger partial charge in [0.15, 0.2) is 0 Å². The summed E-state index contributed by atoms with van der Waals surface area (Å²) < 4.78 is 5.18. The maximum atomic E-state index is 10.8. The normalized spacial score (nSPS) is 9.90. The van der Waals surface area contributed by atoms with Crippen LogP contribution in [0.4, 0.5) is 0 Å². The number of nitrogens with zero attached hydrogens (tertiary/aromatic N) is 2. The van der Waals surface area contributed by atoms with Crippen molar-refractivity contribution in [3.8, 4) is 22.8 Å². The second-order valence-corrected chi connectivity index (χ2v) is 4.16. The van der Waals surface area contributed by atoms with Crippen LogP contribution in [0.25, 0.3) is 22.8 Å². The molecule has 0 aliphatic rings. The Hall–Kier alpha value is -1.95. The van der Waals surface area contributed by atoms with E-state index in [-0.39, 0.29) is 35.1 Å². The third-order valence-electron chi connectivity index (χ3n) is 2.80. The minimum atomic E-state index is -1.24. The van der Waals surface area contributed by atoms with Gasteiger partial charge in [-0.15, -0.1) is 0 Å². The van der Waals surface area contributed by atoms with Crippen LogP contribution in [-0.4, -0.2) is 16.1 Å². The van der Waals surface area contributed by atoms with E-state index >= 15 is 0 Å². The number of carbonyl (C=O) groups is 1. The number of carboxylic acids is 1. The predicted octanol–water partition coefficient (Wildman–Crippen LogP) is -1.23. The Bertz CT molecular complexity index is 756. The summed E-state index contributed by atoms with van der Waals surface area (Å²) in [4.78, 5) is 15.1. The van der Waals surface area contributed by atoms with Crippen molar-refractivity contribution in [1.82, 2.24) is 10.1 Å². The molecule has 0 saturated carbocycles. The molecule has 1 aromatic heterocycles. The number of carboxylic acid groups (broad SMARTS) is 1. The van der Waals surface area contributed by atoms with E-state index in [4.69, 9.17) is 4.52 Å². The Morgan fingerprint density at radius 1 is 1.00 bits per heavy atom. The van der Waals surface area contributed by atoms with Crippen molar-refractivity contribution in [3.63, 3.8) is 0 Å². The first-order chi connectivity index (χ1) is 9.74. The number of benzene rings is 2. The van der Waals surface area contributed by atoms with Gasteiger partial charge < -0.3 is 14.4 Å². The molecule has 0 spiro atoms. The summed E-state index contributed by atoms with van der Waals surface area (Å²) >= 11 is 0. The zero-order valence-electron chi connectivity index (χ0n) is 11.3. The average Bonchev–Trinajstić information content (AvgIpc) is 2.98. The molecule has 1 heterocycles. The van der Waals surface area contributed by atoms with Crippen LogP contribution in [-0.2, 0) is 0 Å². The van der Waals surface area contributed by atoms with Crippen molar-refractivity contribution in [2.45, 2.75) is 0 Å². The minimum Gasteiger partial charge on any atom is -0.545 e. The number of carbonyl (C=O) groups excluding carboxylic acids is 1. The van der Waals surface area contributed by atoms with Crippen LogP contribution in [0.1, 0.15) is 10.4 Å². The molecule has 0 aliphatic carbocycles. The van der Waals surface area contributed by atoms with Gasteiger partial charge in [0.25, 0.3) is 5.89 Å². The van der Waals surface area contributed by atoms with Gasteiger partial charge in [-0.25, -0.2) is 0 Å². The first-order valence-corrected chi connectivity index (χ1v) is 5.95. The molecule has 98 valence electrons. The number of aromatic carboxylic acids is 1. The third kappa shape index (κ3) is 3.39. The van der Waals surface area contributed by atoms with Gasteiger partial charge in [-0.1, -0.05) is 41.6 Å². The summed E-state index contributed by atoms with van der Waals surface area (Å²) in [6.07, 6.45) is 0. The molecule has 0 fully saturated rings. The molecule has 0 atom stereocenters. The summed E-state index contributed by atoms with van der Waals surface area (Å²) in [5, 5.41) is 14.7. The van der Waals surface area contributed by atoms with Crippen LogP contribution in [0.15, 0.2) is 59.1 Å². The molecule has 3 aromatic rings. The van der Waals surface area contributed by atoms with E-state index in [1.165, 1.54) is 12.1 Å². The Morgan fingerprint density at radius 3 is 2.43 bits per heavy atom. The van der Waals surface area contributed by atoms with E-state index in [0.29, 0.717) is 17.3 Å². The van der Waals surface area contributed by atoms with Crippen molar-refractivity contribution >= 4 is 5.97 Å². The van der Waals surface area contributed by atoms with Gasteiger partial charge >= 0.3 is 29.6 Å². The Kier molecular flexibility index (Phi) is 4.90. The van der Waals surface area contributed by atoms with Crippen molar-refractivity contribution in [1.29, 1.82) is 0 Å². The van der Waals surface area contributed by atoms with Crippen molar-refractivity contribution < 1.29 is 44.0 Å². The Morgan fingerprint density at radius 2 is 1.71 bits per heavy atom. The fourth-order valence-corrected chi connectivity index (χ4v) is 1.82. The predicted molar refractivity (Wildman–Crippen MR) is 69.5 cm³/mol. The first-order valence-electron chi connectivity index (χ1n) is 5.95. The number of hydrogen-bond donors (Lipinski definition) is 0. The summed E-state index contributed by atoms with van der Waals surface area (Å²) in [5.41, 5.74) is 1.45. The van der Waals surface area contributed by atoms with Crippen LogP contribution in [0.2, 0.25) is 0 Å². The zero-order chi connectivity index (χ0) is 13.9. The van der Waals surface area contributed by atoms with E-state index in [1.807, 2.05) is 30.3 Å².